The second-order valence-electron chi connectivity index (χ2n) is 5.42. The third-order valence-electron chi connectivity index (χ3n) is 4.01. The third kappa shape index (κ3) is 2.58. The molecule has 3 rings (SSSR count). The largest absolute Gasteiger partial charge is 0.324 e. The van der Waals surface area contributed by atoms with Crippen molar-refractivity contribution in [1.29, 1.82) is 0 Å². The van der Waals surface area contributed by atoms with Crippen molar-refractivity contribution in [3.63, 3.8) is 0 Å². The van der Waals surface area contributed by atoms with Crippen LogP contribution in [-0.2, 0) is 14.6 Å². The lowest BCUT2D eigenvalue weighted by atomic mass is 10.1. The molecule has 2 saturated heterocycles. The highest BCUT2D eigenvalue weighted by Gasteiger charge is 2.39. The maximum absolute atomic E-state index is 12.5. The van der Waals surface area contributed by atoms with Gasteiger partial charge in [0.2, 0.25) is 5.91 Å². The van der Waals surface area contributed by atoms with Crippen LogP contribution in [0.2, 0.25) is 0 Å². The van der Waals surface area contributed by atoms with Gasteiger partial charge in [-0.1, -0.05) is 30.3 Å². The molecule has 2 fully saturated rings. The zero-order chi connectivity index (χ0) is 14.2. The smallest absolute Gasteiger partial charge is 0.245 e. The summed E-state index contributed by atoms with van der Waals surface area (Å²) < 4.78 is 23.4. The van der Waals surface area contributed by atoms with E-state index >= 15 is 0 Å². The van der Waals surface area contributed by atoms with Gasteiger partial charge in [-0.05, 0) is 18.4 Å². The predicted octanol–water partition coefficient (Wildman–Crippen LogP) is 0.694. The first-order valence-electron chi connectivity index (χ1n) is 6.86. The zero-order valence-corrected chi connectivity index (χ0v) is 12.0. The maximum atomic E-state index is 12.5. The molecule has 2 aliphatic rings. The molecule has 1 N–H and O–H groups in total. The lowest BCUT2D eigenvalue weighted by Gasteiger charge is -2.30. The molecule has 2 unspecified atom stereocenters. The van der Waals surface area contributed by atoms with E-state index in [2.05, 4.69) is 5.32 Å². The molecular formula is C14H18N2O3S. The first-order valence-corrected chi connectivity index (χ1v) is 8.68. The molecule has 2 atom stereocenters. The lowest BCUT2D eigenvalue weighted by Crippen LogP contribution is -2.45. The molecule has 20 heavy (non-hydrogen) atoms. The van der Waals surface area contributed by atoms with Crippen molar-refractivity contribution in [2.45, 2.75) is 24.9 Å². The Hall–Kier alpha value is -1.40. The minimum absolute atomic E-state index is 0.0155. The van der Waals surface area contributed by atoms with Gasteiger partial charge in [-0.15, -0.1) is 0 Å². The van der Waals surface area contributed by atoms with E-state index in [4.69, 9.17) is 0 Å². The van der Waals surface area contributed by atoms with E-state index in [0.717, 1.165) is 12.0 Å². The summed E-state index contributed by atoms with van der Waals surface area (Å²) in [6.07, 6.45) is 1.42. The van der Waals surface area contributed by atoms with Crippen LogP contribution >= 0.6 is 0 Å². The summed E-state index contributed by atoms with van der Waals surface area (Å²) in [6.45, 7) is 0.429. The summed E-state index contributed by atoms with van der Waals surface area (Å²) >= 11 is 0. The molecule has 0 saturated carbocycles. The first kappa shape index (κ1) is 13.6. The van der Waals surface area contributed by atoms with Crippen molar-refractivity contribution in [2.75, 3.05) is 18.2 Å². The number of nitrogens with zero attached hydrogens (tertiary/aromatic N) is 1. The fraction of sp³-hybridized carbons (Fsp3) is 0.500. The van der Waals surface area contributed by atoms with Crippen molar-refractivity contribution in [3.8, 4) is 0 Å². The van der Waals surface area contributed by atoms with Crippen LogP contribution in [0.1, 0.15) is 24.4 Å². The van der Waals surface area contributed by atoms with Crippen LogP contribution in [0.5, 0.6) is 0 Å². The van der Waals surface area contributed by atoms with E-state index in [1.54, 1.807) is 4.90 Å². The fourth-order valence-electron chi connectivity index (χ4n) is 2.98. The number of nitrogens with one attached hydrogen (secondary N) is 1. The lowest BCUT2D eigenvalue weighted by molar-refractivity contribution is -0.130. The number of sulfone groups is 1. The normalized spacial score (nSPS) is 29.6. The molecule has 6 heteroatoms. The highest BCUT2D eigenvalue weighted by Crippen LogP contribution is 2.26. The molecule has 0 radical (unpaired) electrons. The quantitative estimate of drug-likeness (QED) is 0.872. The topological polar surface area (TPSA) is 66.5 Å². The standard InChI is InChI=1S/C14H18N2O3S/c17-14-13(11-5-2-1-3-6-11)15-10-16(14)12-7-4-8-20(18,19)9-12/h1-3,5-6,12-13,15H,4,7-10H2. The Balaban J connectivity index is 1.76. The van der Waals surface area contributed by atoms with E-state index in [0.29, 0.717) is 13.1 Å². The number of carbonyl (C=O) groups excluding carboxylic acids is 1. The number of rotatable bonds is 2. The Bertz CT molecular complexity index is 600. The number of hydrogen-bond donors (Lipinski definition) is 1. The number of amides is 1. The number of benzene rings is 1. The average Bonchev–Trinajstić information content (AvgIpc) is 2.80. The second-order valence-corrected chi connectivity index (χ2v) is 7.65. The van der Waals surface area contributed by atoms with Crippen LogP contribution in [-0.4, -0.2) is 43.4 Å². The molecular weight excluding hydrogens is 276 g/mol. The van der Waals surface area contributed by atoms with Gasteiger partial charge in [-0.25, -0.2) is 8.42 Å². The molecule has 1 aromatic carbocycles. The molecule has 1 aromatic rings. The maximum Gasteiger partial charge on any atom is 0.245 e. The van der Waals surface area contributed by atoms with E-state index in [1.165, 1.54) is 0 Å². The molecule has 2 heterocycles. The second kappa shape index (κ2) is 5.18. The van der Waals surface area contributed by atoms with Crippen molar-refractivity contribution in [2.24, 2.45) is 0 Å². The summed E-state index contributed by atoms with van der Waals surface area (Å²) in [5.74, 6) is 0.335. The SMILES string of the molecule is O=C1C(c2ccccc2)NCN1C1CCCS(=O)(=O)C1. The monoisotopic (exact) mass is 294 g/mol. The molecule has 0 spiro atoms. The van der Waals surface area contributed by atoms with Crippen LogP contribution in [0.25, 0.3) is 0 Å². The minimum atomic E-state index is -3.00. The zero-order valence-electron chi connectivity index (χ0n) is 11.2. The van der Waals surface area contributed by atoms with Gasteiger partial charge in [0.1, 0.15) is 6.04 Å². The highest BCUT2D eigenvalue weighted by atomic mass is 32.2. The van der Waals surface area contributed by atoms with E-state index < -0.39 is 9.84 Å². The Morgan fingerprint density at radius 2 is 1.95 bits per heavy atom. The molecule has 1 amide bonds. The van der Waals surface area contributed by atoms with Gasteiger partial charge in [-0.3, -0.25) is 10.1 Å². The van der Waals surface area contributed by atoms with Crippen LogP contribution < -0.4 is 5.32 Å². The van der Waals surface area contributed by atoms with Crippen LogP contribution in [0.4, 0.5) is 0 Å². The van der Waals surface area contributed by atoms with Gasteiger partial charge in [0.15, 0.2) is 9.84 Å². The van der Waals surface area contributed by atoms with Crippen molar-refractivity contribution < 1.29 is 13.2 Å². The minimum Gasteiger partial charge on any atom is -0.324 e. The summed E-state index contributed by atoms with van der Waals surface area (Å²) in [6, 6.07) is 9.01. The van der Waals surface area contributed by atoms with Crippen molar-refractivity contribution >= 4 is 15.7 Å². The fourth-order valence-corrected chi connectivity index (χ4v) is 4.69. The van der Waals surface area contributed by atoms with Crippen LogP contribution in [0, 0.1) is 0 Å². The van der Waals surface area contributed by atoms with E-state index in [-0.39, 0.29) is 29.5 Å². The Kier molecular flexibility index (Phi) is 3.52. The molecule has 0 bridgehead atoms. The summed E-state index contributed by atoms with van der Waals surface area (Å²) in [5.41, 5.74) is 0.929. The van der Waals surface area contributed by atoms with Crippen molar-refractivity contribution in [1.82, 2.24) is 10.2 Å². The summed E-state index contributed by atoms with van der Waals surface area (Å²) in [7, 11) is -3.00. The Morgan fingerprint density at radius 1 is 1.20 bits per heavy atom. The van der Waals surface area contributed by atoms with Gasteiger partial charge in [0.25, 0.3) is 0 Å². The van der Waals surface area contributed by atoms with Gasteiger partial charge in [0, 0.05) is 6.04 Å². The summed E-state index contributed by atoms with van der Waals surface area (Å²) in [4.78, 5) is 14.2. The molecule has 108 valence electrons. The Labute approximate surface area is 118 Å². The van der Waals surface area contributed by atoms with E-state index in [1.807, 2.05) is 30.3 Å². The molecule has 0 aliphatic carbocycles. The molecule has 0 aromatic heterocycles. The average molecular weight is 294 g/mol. The number of hydrogen-bond acceptors (Lipinski definition) is 4. The highest BCUT2D eigenvalue weighted by molar-refractivity contribution is 7.91. The number of carbonyl (C=O) groups is 1. The summed E-state index contributed by atoms with van der Waals surface area (Å²) in [5, 5.41) is 3.18. The molecule has 5 nitrogen and oxygen atoms in total. The van der Waals surface area contributed by atoms with Crippen LogP contribution in [0.15, 0.2) is 30.3 Å². The van der Waals surface area contributed by atoms with Gasteiger partial charge < -0.3 is 4.90 Å². The first-order chi connectivity index (χ1) is 9.57. The van der Waals surface area contributed by atoms with E-state index in [9.17, 15) is 13.2 Å². The Morgan fingerprint density at radius 3 is 2.65 bits per heavy atom. The van der Waals surface area contributed by atoms with Crippen molar-refractivity contribution in [3.05, 3.63) is 35.9 Å². The van der Waals surface area contributed by atoms with Gasteiger partial charge in [0.05, 0.1) is 18.2 Å². The van der Waals surface area contributed by atoms with Crippen LogP contribution in [0.3, 0.4) is 0 Å². The predicted molar refractivity (Wildman–Crippen MR) is 75.7 cm³/mol. The van der Waals surface area contributed by atoms with Gasteiger partial charge in [-0.2, -0.15) is 0 Å². The van der Waals surface area contributed by atoms with Gasteiger partial charge >= 0.3 is 0 Å². The third-order valence-corrected chi connectivity index (χ3v) is 5.81. The molecule has 2 aliphatic heterocycles.